The highest BCUT2D eigenvalue weighted by molar-refractivity contribution is 7.84. The maximum atomic E-state index is 12.3. The summed E-state index contributed by atoms with van der Waals surface area (Å²) in [5, 5.41) is 8.82. The number of hydrogen-bond acceptors (Lipinski definition) is 3. The van der Waals surface area contributed by atoms with Crippen LogP contribution in [0.3, 0.4) is 0 Å². The smallest absolute Gasteiger partial charge is 0.335 e. The van der Waals surface area contributed by atoms with Gasteiger partial charge in [-0.1, -0.05) is 18.2 Å². The van der Waals surface area contributed by atoms with E-state index in [0.717, 1.165) is 0 Å². The lowest BCUT2D eigenvalue weighted by Crippen LogP contribution is -2.14. The Morgan fingerprint density at radius 3 is 2.24 bits per heavy atom. The number of aromatic carboxylic acids is 1. The number of primary amides is 1. The largest absolute Gasteiger partial charge is 0.478 e. The Hall–Kier alpha value is -2.47. The van der Waals surface area contributed by atoms with E-state index in [9.17, 15) is 13.8 Å². The number of benzene rings is 2. The molecule has 0 heterocycles. The number of carboxylic acid groups (broad SMARTS) is 1. The van der Waals surface area contributed by atoms with Gasteiger partial charge in [-0.25, -0.2) is 4.79 Å². The van der Waals surface area contributed by atoms with Gasteiger partial charge in [0.1, 0.15) is 0 Å². The molecule has 0 saturated heterocycles. The zero-order valence-corrected chi connectivity index (χ0v) is 11.8. The number of hydrogen-bond donors (Lipinski definition) is 2. The Kier molecular flexibility index (Phi) is 4.49. The van der Waals surface area contributed by atoms with Gasteiger partial charge in [-0.3, -0.25) is 9.00 Å². The molecule has 0 aliphatic rings. The van der Waals surface area contributed by atoms with Gasteiger partial charge in [0, 0.05) is 10.5 Å². The average Bonchev–Trinajstić information content (AvgIpc) is 2.47. The molecule has 1 atom stereocenters. The molecule has 2 aromatic carbocycles. The average molecular weight is 303 g/mol. The maximum absolute atomic E-state index is 12.3. The maximum Gasteiger partial charge on any atom is 0.335 e. The first-order valence-electron chi connectivity index (χ1n) is 6.08. The Bertz CT molecular complexity index is 710. The van der Waals surface area contributed by atoms with Crippen LogP contribution >= 0.6 is 0 Å². The van der Waals surface area contributed by atoms with Gasteiger partial charge < -0.3 is 10.8 Å². The summed E-state index contributed by atoms with van der Waals surface area (Å²) in [6, 6.07) is 12.5. The molecule has 0 saturated carbocycles. The zero-order chi connectivity index (χ0) is 15.4. The Morgan fingerprint density at radius 1 is 1.05 bits per heavy atom. The summed E-state index contributed by atoms with van der Waals surface area (Å²) < 4.78 is 12.3. The van der Waals surface area contributed by atoms with Crippen LogP contribution in [-0.4, -0.2) is 21.2 Å². The molecule has 2 aromatic rings. The van der Waals surface area contributed by atoms with E-state index in [-0.39, 0.29) is 11.3 Å². The van der Waals surface area contributed by atoms with Crippen molar-refractivity contribution in [1.82, 2.24) is 0 Å². The van der Waals surface area contributed by atoms with Crippen LogP contribution in [0.1, 0.15) is 26.3 Å². The molecule has 0 spiro atoms. The van der Waals surface area contributed by atoms with Crippen LogP contribution in [-0.2, 0) is 16.6 Å². The first-order valence-corrected chi connectivity index (χ1v) is 7.40. The molecule has 3 N–H and O–H groups in total. The van der Waals surface area contributed by atoms with E-state index in [2.05, 4.69) is 0 Å². The number of carbonyl (C=O) groups excluding carboxylic acids is 1. The van der Waals surface area contributed by atoms with Crippen molar-refractivity contribution in [3.8, 4) is 0 Å². The number of rotatable bonds is 5. The minimum Gasteiger partial charge on any atom is -0.478 e. The highest BCUT2D eigenvalue weighted by Crippen LogP contribution is 2.16. The molecule has 0 bridgehead atoms. The number of amides is 1. The second-order valence-corrected chi connectivity index (χ2v) is 5.79. The van der Waals surface area contributed by atoms with Crippen molar-refractivity contribution in [2.24, 2.45) is 5.73 Å². The van der Waals surface area contributed by atoms with E-state index in [1.807, 2.05) is 0 Å². The van der Waals surface area contributed by atoms with E-state index < -0.39 is 22.7 Å². The highest BCUT2D eigenvalue weighted by Gasteiger charge is 2.12. The van der Waals surface area contributed by atoms with Crippen molar-refractivity contribution in [3.05, 3.63) is 65.2 Å². The van der Waals surface area contributed by atoms with E-state index in [0.29, 0.717) is 16.0 Å². The third-order valence-electron chi connectivity index (χ3n) is 2.93. The number of carboxylic acids is 1. The van der Waals surface area contributed by atoms with Crippen LogP contribution in [0.2, 0.25) is 0 Å². The van der Waals surface area contributed by atoms with Crippen LogP contribution < -0.4 is 5.73 Å². The third kappa shape index (κ3) is 3.55. The minimum absolute atomic E-state index is 0.133. The van der Waals surface area contributed by atoms with Crippen LogP contribution in [0, 0.1) is 0 Å². The zero-order valence-electron chi connectivity index (χ0n) is 11.0. The lowest BCUT2D eigenvalue weighted by atomic mass is 10.1. The van der Waals surface area contributed by atoms with Crippen LogP contribution in [0.4, 0.5) is 0 Å². The van der Waals surface area contributed by atoms with E-state index in [1.54, 1.807) is 24.3 Å². The molecule has 2 rings (SSSR count). The van der Waals surface area contributed by atoms with E-state index in [4.69, 9.17) is 10.8 Å². The third-order valence-corrected chi connectivity index (χ3v) is 4.30. The summed E-state index contributed by atoms with van der Waals surface area (Å²) in [7, 11) is -1.38. The van der Waals surface area contributed by atoms with Gasteiger partial charge in [-0.15, -0.1) is 0 Å². The van der Waals surface area contributed by atoms with Crippen molar-refractivity contribution in [2.45, 2.75) is 10.6 Å². The molecule has 1 amide bonds. The minimum atomic E-state index is -1.38. The van der Waals surface area contributed by atoms with Gasteiger partial charge in [-0.05, 0) is 35.9 Å². The van der Waals surface area contributed by atoms with Crippen molar-refractivity contribution >= 4 is 22.7 Å². The molecule has 1 unspecified atom stereocenters. The molecule has 0 aliphatic carbocycles. The predicted octanol–water partition coefficient (Wildman–Crippen LogP) is 1.79. The first-order chi connectivity index (χ1) is 9.99. The van der Waals surface area contributed by atoms with Crippen LogP contribution in [0.25, 0.3) is 0 Å². The Morgan fingerprint density at radius 2 is 1.67 bits per heavy atom. The molecule has 21 heavy (non-hydrogen) atoms. The fourth-order valence-corrected chi connectivity index (χ4v) is 3.00. The topological polar surface area (TPSA) is 97.5 Å². The second-order valence-electron chi connectivity index (χ2n) is 4.34. The summed E-state index contributed by atoms with van der Waals surface area (Å²) in [6.45, 7) is 0. The lowest BCUT2D eigenvalue weighted by molar-refractivity contribution is 0.0696. The number of nitrogens with two attached hydrogens (primary N) is 1. The summed E-state index contributed by atoms with van der Waals surface area (Å²) in [4.78, 5) is 22.6. The van der Waals surface area contributed by atoms with E-state index >= 15 is 0 Å². The van der Waals surface area contributed by atoms with Crippen molar-refractivity contribution in [3.63, 3.8) is 0 Å². The quantitative estimate of drug-likeness (QED) is 0.880. The molecule has 0 radical (unpaired) electrons. The standard InChI is InChI=1S/C15H13NO4S/c16-14(17)13-4-2-1-3-11(13)9-21(20)12-7-5-10(6-8-12)15(18)19/h1-8H,9H2,(H2,16,17)(H,18,19). The number of carbonyl (C=O) groups is 2. The van der Waals surface area contributed by atoms with Gasteiger partial charge >= 0.3 is 5.97 Å². The van der Waals surface area contributed by atoms with Gasteiger partial charge in [0.05, 0.1) is 22.1 Å². The van der Waals surface area contributed by atoms with Crippen molar-refractivity contribution in [2.75, 3.05) is 0 Å². The molecule has 0 aromatic heterocycles. The first kappa shape index (κ1) is 14.9. The van der Waals surface area contributed by atoms with Gasteiger partial charge in [-0.2, -0.15) is 0 Å². The summed E-state index contributed by atoms with van der Waals surface area (Å²) in [6.07, 6.45) is 0. The Labute approximate surface area is 123 Å². The molecule has 0 aliphatic heterocycles. The second kappa shape index (κ2) is 6.32. The monoisotopic (exact) mass is 303 g/mol. The van der Waals surface area contributed by atoms with Crippen molar-refractivity contribution < 1.29 is 18.9 Å². The molecular formula is C15H13NO4S. The van der Waals surface area contributed by atoms with Gasteiger partial charge in [0.25, 0.3) is 0 Å². The van der Waals surface area contributed by atoms with E-state index in [1.165, 1.54) is 24.3 Å². The fraction of sp³-hybridized carbons (Fsp3) is 0.0667. The predicted molar refractivity (Wildman–Crippen MR) is 78.5 cm³/mol. The molecular weight excluding hydrogens is 290 g/mol. The molecule has 5 nitrogen and oxygen atoms in total. The van der Waals surface area contributed by atoms with Gasteiger partial charge in [0.2, 0.25) is 5.91 Å². The summed E-state index contributed by atoms with van der Waals surface area (Å²) >= 11 is 0. The lowest BCUT2D eigenvalue weighted by Gasteiger charge is -2.07. The summed E-state index contributed by atoms with van der Waals surface area (Å²) in [5.41, 5.74) is 6.35. The highest BCUT2D eigenvalue weighted by atomic mass is 32.2. The van der Waals surface area contributed by atoms with Crippen molar-refractivity contribution in [1.29, 1.82) is 0 Å². The van der Waals surface area contributed by atoms with Crippen LogP contribution in [0.5, 0.6) is 0 Å². The summed E-state index contributed by atoms with van der Waals surface area (Å²) in [5.74, 6) is -1.46. The molecule has 0 fully saturated rings. The normalized spacial score (nSPS) is 11.8. The molecule has 6 heteroatoms. The van der Waals surface area contributed by atoms with Crippen LogP contribution in [0.15, 0.2) is 53.4 Å². The molecule has 108 valence electrons. The van der Waals surface area contributed by atoms with Gasteiger partial charge in [0.15, 0.2) is 0 Å². The fourth-order valence-electron chi connectivity index (χ4n) is 1.86. The SMILES string of the molecule is NC(=O)c1ccccc1CS(=O)c1ccc(C(=O)O)cc1. The Balaban J connectivity index is 2.22.